The molecule has 0 aliphatic heterocycles. The van der Waals surface area contributed by atoms with Crippen LogP contribution < -0.4 is 4.57 Å². The molecule has 1 atom stereocenters. The first-order valence-corrected chi connectivity index (χ1v) is 6.97. The average molecular weight is 244 g/mol. The first kappa shape index (κ1) is 13.4. The highest BCUT2D eigenvalue weighted by atomic mass is 32.2. The third-order valence-corrected chi connectivity index (χ3v) is 3.31. The van der Waals surface area contributed by atoms with Gasteiger partial charge < -0.3 is 4.55 Å². The molecule has 0 saturated heterocycles. The minimum atomic E-state index is -2.15. The zero-order valence-electron chi connectivity index (χ0n) is 9.99. The Morgan fingerprint density at radius 1 is 1.38 bits per heavy atom. The van der Waals surface area contributed by atoms with E-state index in [1.807, 2.05) is 4.57 Å². The number of rotatable bonds is 7. The fraction of sp³-hybridized carbons (Fsp3) is 0.727. The van der Waals surface area contributed by atoms with Crippen molar-refractivity contribution in [2.24, 2.45) is 0 Å². The molecule has 0 aliphatic rings. The highest BCUT2D eigenvalue weighted by Gasteiger charge is 2.17. The summed E-state index contributed by atoms with van der Waals surface area (Å²) in [6, 6.07) is 0. The van der Waals surface area contributed by atoms with Crippen molar-refractivity contribution in [3.05, 3.63) is 12.0 Å². The summed E-state index contributed by atoms with van der Waals surface area (Å²) in [7, 11) is 0. The van der Waals surface area contributed by atoms with Crippen molar-refractivity contribution in [2.75, 3.05) is 0 Å². The molecule has 5 heteroatoms. The van der Waals surface area contributed by atoms with Crippen molar-refractivity contribution < 1.29 is 13.3 Å². The van der Waals surface area contributed by atoms with Crippen molar-refractivity contribution in [3.63, 3.8) is 0 Å². The largest absolute Gasteiger partial charge is 0.766 e. The van der Waals surface area contributed by atoms with E-state index in [9.17, 15) is 8.76 Å². The number of hydrogen-bond acceptors (Lipinski definition) is 2. The maximum Gasteiger partial charge on any atom is 0.255 e. The number of aromatic amines is 1. The van der Waals surface area contributed by atoms with Gasteiger partial charge in [0.2, 0.25) is 5.03 Å². The van der Waals surface area contributed by atoms with Crippen LogP contribution in [0.25, 0.3) is 0 Å². The highest BCUT2D eigenvalue weighted by molar-refractivity contribution is 7.78. The van der Waals surface area contributed by atoms with Crippen molar-refractivity contribution in [3.8, 4) is 0 Å². The summed E-state index contributed by atoms with van der Waals surface area (Å²) in [6.45, 7) is 5.01. The van der Waals surface area contributed by atoms with Gasteiger partial charge in [0.25, 0.3) is 5.82 Å². The zero-order valence-corrected chi connectivity index (χ0v) is 10.8. The molecule has 92 valence electrons. The molecule has 0 spiro atoms. The quantitative estimate of drug-likeness (QED) is 0.586. The zero-order chi connectivity index (χ0) is 12.0. The molecule has 0 saturated carbocycles. The lowest BCUT2D eigenvalue weighted by molar-refractivity contribution is -0.738. The smallest absolute Gasteiger partial charge is 0.255 e. The van der Waals surface area contributed by atoms with Gasteiger partial charge in [-0.15, -0.1) is 0 Å². The van der Waals surface area contributed by atoms with E-state index in [0.717, 1.165) is 44.5 Å². The average Bonchev–Trinajstić information content (AvgIpc) is 2.66. The van der Waals surface area contributed by atoms with E-state index in [2.05, 4.69) is 18.8 Å². The molecule has 0 fully saturated rings. The lowest BCUT2D eigenvalue weighted by Crippen LogP contribution is -2.40. The summed E-state index contributed by atoms with van der Waals surface area (Å²) in [5.74, 6) is 1.02. The minimum Gasteiger partial charge on any atom is -0.766 e. The molecule has 1 heterocycles. The SMILES string of the molecule is CCCCc1[nH]cc(S(=O)[O-])[n+]1CCCC. The predicted molar refractivity (Wildman–Crippen MR) is 61.7 cm³/mol. The van der Waals surface area contributed by atoms with Crippen LogP contribution in [0, 0.1) is 0 Å². The van der Waals surface area contributed by atoms with E-state index < -0.39 is 11.1 Å². The van der Waals surface area contributed by atoms with Crippen LogP contribution in [0.15, 0.2) is 11.2 Å². The second-order valence-corrected chi connectivity index (χ2v) is 4.80. The number of unbranched alkanes of at least 4 members (excludes halogenated alkanes) is 2. The van der Waals surface area contributed by atoms with Gasteiger partial charge in [-0.25, -0.2) is 9.55 Å². The molecule has 1 aromatic rings. The van der Waals surface area contributed by atoms with Gasteiger partial charge in [0, 0.05) is 17.5 Å². The normalized spacial score (nSPS) is 12.9. The monoisotopic (exact) mass is 244 g/mol. The number of aryl methyl sites for hydroxylation is 1. The van der Waals surface area contributed by atoms with E-state index in [4.69, 9.17) is 0 Å². The molecule has 0 aliphatic carbocycles. The van der Waals surface area contributed by atoms with Crippen LogP contribution in [0.4, 0.5) is 0 Å². The molecule has 0 bridgehead atoms. The molecule has 1 rings (SSSR count). The van der Waals surface area contributed by atoms with E-state index >= 15 is 0 Å². The maximum absolute atomic E-state index is 11.0. The van der Waals surface area contributed by atoms with Crippen LogP contribution in [0.2, 0.25) is 0 Å². The lowest BCUT2D eigenvalue weighted by atomic mass is 10.2. The molecule has 4 nitrogen and oxygen atoms in total. The van der Waals surface area contributed by atoms with Crippen LogP contribution in [0.3, 0.4) is 0 Å². The summed E-state index contributed by atoms with van der Waals surface area (Å²) in [6.07, 6.45) is 6.77. The number of aromatic nitrogens is 2. The van der Waals surface area contributed by atoms with E-state index in [-0.39, 0.29) is 0 Å². The van der Waals surface area contributed by atoms with Crippen molar-refractivity contribution >= 4 is 11.1 Å². The number of H-pyrrole nitrogens is 1. The van der Waals surface area contributed by atoms with Gasteiger partial charge in [-0.2, -0.15) is 0 Å². The topological polar surface area (TPSA) is 59.8 Å². The summed E-state index contributed by atoms with van der Waals surface area (Å²) >= 11 is -2.15. The summed E-state index contributed by atoms with van der Waals surface area (Å²) in [5.41, 5.74) is 0. The number of nitrogens with zero attached hydrogens (tertiary/aromatic N) is 1. The number of hydrogen-bond donors (Lipinski definition) is 1. The standard InChI is InChI=1S/C11H20N2O2S/c1-3-5-7-10-12-9-11(16(14)15)13(10)8-6-4-2/h9H,3-8H2,1-2H3,(H,14,15). The fourth-order valence-electron chi connectivity index (χ4n) is 1.68. The molecule has 0 amide bonds. The Hall–Kier alpha value is -0.680. The Morgan fingerprint density at radius 3 is 2.62 bits per heavy atom. The Bertz CT molecular complexity index is 350. The molecule has 0 radical (unpaired) electrons. The van der Waals surface area contributed by atoms with Gasteiger partial charge in [-0.05, 0) is 12.8 Å². The molecular weight excluding hydrogens is 224 g/mol. The van der Waals surface area contributed by atoms with E-state index in [0.29, 0.717) is 5.03 Å². The van der Waals surface area contributed by atoms with Gasteiger partial charge >= 0.3 is 0 Å². The number of imidazole rings is 1. The first-order valence-electron chi connectivity index (χ1n) is 5.90. The minimum absolute atomic E-state index is 0.375. The summed E-state index contributed by atoms with van der Waals surface area (Å²) in [5, 5.41) is 0.375. The van der Waals surface area contributed by atoms with Crippen molar-refractivity contribution in [1.29, 1.82) is 0 Å². The molecule has 1 aromatic heterocycles. The molecule has 1 N–H and O–H groups in total. The van der Waals surface area contributed by atoms with Crippen LogP contribution in [0.5, 0.6) is 0 Å². The molecule has 16 heavy (non-hydrogen) atoms. The highest BCUT2D eigenvalue weighted by Crippen LogP contribution is 2.04. The third-order valence-electron chi connectivity index (χ3n) is 2.63. The molecular formula is C11H20N2O2S. The second kappa shape index (κ2) is 6.81. The van der Waals surface area contributed by atoms with E-state index in [1.54, 1.807) is 6.20 Å². The molecule has 1 unspecified atom stereocenters. The predicted octanol–water partition coefficient (Wildman–Crippen LogP) is 1.68. The fourth-order valence-corrected chi connectivity index (χ4v) is 2.22. The Balaban J connectivity index is 2.85. The van der Waals surface area contributed by atoms with Crippen molar-refractivity contribution in [2.45, 2.75) is 57.5 Å². The van der Waals surface area contributed by atoms with Gasteiger partial charge in [-0.1, -0.05) is 26.7 Å². The second-order valence-electron chi connectivity index (χ2n) is 3.92. The number of nitrogens with one attached hydrogen (secondary N) is 1. The Kier molecular flexibility index (Phi) is 5.69. The van der Waals surface area contributed by atoms with Gasteiger partial charge in [0.15, 0.2) is 0 Å². The maximum atomic E-state index is 11.0. The third kappa shape index (κ3) is 3.42. The van der Waals surface area contributed by atoms with Crippen LogP contribution in [-0.4, -0.2) is 13.7 Å². The van der Waals surface area contributed by atoms with Crippen molar-refractivity contribution in [1.82, 2.24) is 4.98 Å². The summed E-state index contributed by atoms with van der Waals surface area (Å²) < 4.78 is 24.0. The Labute approximate surface area is 99.4 Å². The van der Waals surface area contributed by atoms with Crippen LogP contribution >= 0.6 is 0 Å². The van der Waals surface area contributed by atoms with Gasteiger partial charge in [0.05, 0.1) is 6.54 Å². The lowest BCUT2D eigenvalue weighted by Gasteiger charge is -2.05. The van der Waals surface area contributed by atoms with Gasteiger partial charge in [0.1, 0.15) is 6.20 Å². The van der Waals surface area contributed by atoms with E-state index in [1.165, 1.54) is 0 Å². The van der Waals surface area contributed by atoms with Crippen LogP contribution in [-0.2, 0) is 24.0 Å². The molecule has 0 aromatic carbocycles. The Morgan fingerprint density at radius 2 is 2.06 bits per heavy atom. The summed E-state index contributed by atoms with van der Waals surface area (Å²) in [4.78, 5) is 3.07. The van der Waals surface area contributed by atoms with Gasteiger partial charge in [-0.3, -0.25) is 4.21 Å². The van der Waals surface area contributed by atoms with Crippen LogP contribution in [0.1, 0.15) is 45.4 Å². The first-order chi connectivity index (χ1) is 7.70.